The lowest BCUT2D eigenvalue weighted by Crippen LogP contribution is -2.21. The van der Waals surface area contributed by atoms with E-state index in [4.69, 9.17) is 14.0 Å². The van der Waals surface area contributed by atoms with Gasteiger partial charge in [-0.1, -0.05) is 29.4 Å². The standard InChI is InChI=1S/C22H17F3N4O3/c1-30-17-8-4-13(5-9-17)19-11-29-16(12-31-19)10-18(27-29)21-26-20(28-32-21)14-2-6-15(7-3-14)22(23,24)25/h2-10,19H,11-12H2,1H3/t19-/m0/s1. The van der Waals surface area contributed by atoms with Crippen LogP contribution in [-0.4, -0.2) is 27.0 Å². The monoisotopic (exact) mass is 442 g/mol. The zero-order valence-electron chi connectivity index (χ0n) is 16.8. The summed E-state index contributed by atoms with van der Waals surface area (Å²) in [6, 6.07) is 14.0. The first-order valence-corrected chi connectivity index (χ1v) is 9.75. The lowest BCUT2D eigenvalue weighted by atomic mass is 10.1. The topological polar surface area (TPSA) is 75.2 Å². The molecule has 7 nitrogen and oxygen atoms in total. The summed E-state index contributed by atoms with van der Waals surface area (Å²) in [5.41, 5.74) is 2.03. The number of alkyl halides is 3. The number of ether oxygens (including phenoxy) is 2. The zero-order valence-corrected chi connectivity index (χ0v) is 16.8. The van der Waals surface area contributed by atoms with Crippen LogP contribution in [0.3, 0.4) is 0 Å². The quantitative estimate of drug-likeness (QED) is 0.448. The van der Waals surface area contributed by atoms with Gasteiger partial charge in [0.15, 0.2) is 5.69 Å². The molecule has 0 saturated heterocycles. The van der Waals surface area contributed by atoms with E-state index < -0.39 is 11.7 Å². The van der Waals surface area contributed by atoms with Gasteiger partial charge >= 0.3 is 6.18 Å². The highest BCUT2D eigenvalue weighted by atomic mass is 19.4. The molecule has 0 saturated carbocycles. The molecular weight excluding hydrogens is 425 g/mol. The van der Waals surface area contributed by atoms with Gasteiger partial charge in [0, 0.05) is 5.56 Å². The van der Waals surface area contributed by atoms with E-state index in [1.54, 1.807) is 13.2 Å². The van der Waals surface area contributed by atoms with Gasteiger partial charge in [0.2, 0.25) is 5.82 Å². The first kappa shape index (κ1) is 20.3. The van der Waals surface area contributed by atoms with Gasteiger partial charge in [-0.05, 0) is 35.9 Å². The van der Waals surface area contributed by atoms with Crippen molar-refractivity contribution < 1.29 is 27.2 Å². The third-order valence-corrected chi connectivity index (χ3v) is 5.24. The minimum Gasteiger partial charge on any atom is -0.497 e. The Kier molecular flexibility index (Phi) is 4.93. The zero-order chi connectivity index (χ0) is 22.3. The van der Waals surface area contributed by atoms with Crippen molar-refractivity contribution in [1.82, 2.24) is 19.9 Å². The van der Waals surface area contributed by atoms with E-state index >= 15 is 0 Å². The Hall–Kier alpha value is -3.66. The Bertz CT molecular complexity index is 1230. The molecule has 0 radical (unpaired) electrons. The maximum absolute atomic E-state index is 12.8. The Balaban J connectivity index is 1.34. The van der Waals surface area contributed by atoms with Crippen molar-refractivity contribution >= 4 is 0 Å². The Morgan fingerprint density at radius 2 is 1.81 bits per heavy atom. The third-order valence-electron chi connectivity index (χ3n) is 5.24. The summed E-state index contributed by atoms with van der Waals surface area (Å²) < 4.78 is 56.5. The van der Waals surface area contributed by atoms with E-state index in [0.29, 0.717) is 24.4 Å². The molecule has 0 fully saturated rings. The van der Waals surface area contributed by atoms with Crippen molar-refractivity contribution in [3.8, 4) is 28.7 Å². The van der Waals surface area contributed by atoms with Crippen LogP contribution in [0.1, 0.15) is 22.9 Å². The van der Waals surface area contributed by atoms with Crippen LogP contribution in [0.5, 0.6) is 5.75 Å². The maximum atomic E-state index is 12.8. The van der Waals surface area contributed by atoms with Crippen LogP contribution in [0.2, 0.25) is 0 Å². The fourth-order valence-electron chi connectivity index (χ4n) is 3.50. The number of rotatable bonds is 4. The highest BCUT2D eigenvalue weighted by Gasteiger charge is 2.30. The second-order valence-corrected chi connectivity index (χ2v) is 7.27. The van der Waals surface area contributed by atoms with Gasteiger partial charge in [0.1, 0.15) is 11.9 Å². The molecule has 0 bridgehead atoms. The molecule has 0 amide bonds. The second kappa shape index (κ2) is 7.79. The highest BCUT2D eigenvalue weighted by molar-refractivity contribution is 5.58. The Labute approximate surface area is 180 Å². The number of hydrogen-bond acceptors (Lipinski definition) is 6. The summed E-state index contributed by atoms with van der Waals surface area (Å²) >= 11 is 0. The molecule has 32 heavy (non-hydrogen) atoms. The van der Waals surface area contributed by atoms with Crippen LogP contribution >= 0.6 is 0 Å². The first-order valence-electron chi connectivity index (χ1n) is 9.75. The number of fused-ring (bicyclic) bond motifs is 1. The lowest BCUT2D eigenvalue weighted by molar-refractivity contribution is -0.137. The van der Waals surface area contributed by atoms with Crippen molar-refractivity contribution in [3.63, 3.8) is 0 Å². The summed E-state index contributed by atoms with van der Waals surface area (Å²) in [6.45, 7) is 0.880. The third kappa shape index (κ3) is 3.84. The summed E-state index contributed by atoms with van der Waals surface area (Å²) in [5, 5.41) is 8.43. The molecule has 0 spiro atoms. The van der Waals surface area contributed by atoms with Crippen molar-refractivity contribution in [3.05, 3.63) is 71.4 Å². The summed E-state index contributed by atoms with van der Waals surface area (Å²) in [6.07, 6.45) is -4.56. The van der Waals surface area contributed by atoms with Gasteiger partial charge < -0.3 is 14.0 Å². The first-order chi connectivity index (χ1) is 15.4. The SMILES string of the molecule is COc1ccc([C@@H]2Cn3nc(-c4nc(-c5ccc(C(F)(F)F)cc5)no4)cc3CO2)cc1. The van der Waals surface area contributed by atoms with E-state index in [1.165, 1.54) is 12.1 Å². The van der Waals surface area contributed by atoms with E-state index in [2.05, 4.69) is 15.2 Å². The van der Waals surface area contributed by atoms with E-state index in [-0.39, 0.29) is 17.8 Å². The molecule has 1 atom stereocenters. The number of hydrogen-bond donors (Lipinski definition) is 0. The summed E-state index contributed by atoms with van der Waals surface area (Å²) in [7, 11) is 1.62. The largest absolute Gasteiger partial charge is 0.497 e. The molecule has 0 unspecified atom stereocenters. The van der Waals surface area contributed by atoms with Gasteiger partial charge in [-0.2, -0.15) is 23.3 Å². The van der Waals surface area contributed by atoms with Crippen LogP contribution in [0.15, 0.2) is 59.1 Å². The van der Waals surface area contributed by atoms with Crippen molar-refractivity contribution in [2.75, 3.05) is 7.11 Å². The van der Waals surface area contributed by atoms with Crippen molar-refractivity contribution in [2.45, 2.75) is 25.4 Å². The summed E-state index contributed by atoms with van der Waals surface area (Å²) in [5.74, 6) is 1.14. The molecule has 1 aliphatic heterocycles. The van der Waals surface area contributed by atoms with Crippen molar-refractivity contribution in [1.29, 1.82) is 0 Å². The second-order valence-electron chi connectivity index (χ2n) is 7.27. The minimum absolute atomic E-state index is 0.161. The minimum atomic E-state index is -4.40. The van der Waals surface area contributed by atoms with E-state index in [0.717, 1.165) is 29.1 Å². The molecule has 5 rings (SSSR count). The fraction of sp³-hybridized carbons (Fsp3) is 0.227. The molecular formula is C22H17F3N4O3. The van der Waals surface area contributed by atoms with E-state index in [1.807, 2.05) is 28.9 Å². The van der Waals surface area contributed by atoms with Gasteiger partial charge in [0.25, 0.3) is 5.89 Å². The van der Waals surface area contributed by atoms with Crippen LogP contribution < -0.4 is 4.74 Å². The number of nitrogens with zero attached hydrogens (tertiary/aromatic N) is 4. The predicted octanol–water partition coefficient (Wildman–Crippen LogP) is 4.90. The number of aromatic nitrogens is 4. The molecule has 2 aromatic carbocycles. The fourth-order valence-corrected chi connectivity index (χ4v) is 3.50. The molecule has 164 valence electrons. The van der Waals surface area contributed by atoms with Crippen LogP contribution in [0, 0.1) is 0 Å². The normalized spacial score (nSPS) is 16.1. The Morgan fingerprint density at radius 3 is 2.50 bits per heavy atom. The predicted molar refractivity (Wildman–Crippen MR) is 106 cm³/mol. The van der Waals surface area contributed by atoms with Gasteiger partial charge in [-0.25, -0.2) is 0 Å². The van der Waals surface area contributed by atoms with Crippen LogP contribution in [-0.2, 0) is 24.1 Å². The molecule has 1 aliphatic rings. The van der Waals surface area contributed by atoms with Gasteiger partial charge in [-0.3, -0.25) is 4.68 Å². The Morgan fingerprint density at radius 1 is 1.06 bits per heavy atom. The van der Waals surface area contributed by atoms with Crippen LogP contribution in [0.4, 0.5) is 13.2 Å². The highest BCUT2D eigenvalue weighted by Crippen LogP contribution is 2.32. The molecule has 0 aliphatic carbocycles. The summed E-state index contributed by atoms with van der Waals surface area (Å²) in [4.78, 5) is 4.29. The van der Waals surface area contributed by atoms with Gasteiger partial charge in [0.05, 0.1) is 31.5 Å². The maximum Gasteiger partial charge on any atom is 0.416 e. The molecule has 3 heterocycles. The average molecular weight is 442 g/mol. The molecule has 2 aromatic heterocycles. The molecule has 0 N–H and O–H groups in total. The van der Waals surface area contributed by atoms with Crippen molar-refractivity contribution in [2.24, 2.45) is 0 Å². The van der Waals surface area contributed by atoms with Crippen LogP contribution in [0.25, 0.3) is 23.0 Å². The number of methoxy groups -OCH3 is 1. The smallest absolute Gasteiger partial charge is 0.416 e. The average Bonchev–Trinajstić information content (AvgIpc) is 3.45. The lowest BCUT2D eigenvalue weighted by Gasteiger charge is -2.24. The number of halogens is 3. The van der Waals surface area contributed by atoms with E-state index in [9.17, 15) is 13.2 Å². The molecule has 4 aromatic rings. The van der Waals surface area contributed by atoms with Gasteiger partial charge in [-0.15, -0.1) is 0 Å². The molecule has 10 heteroatoms. The number of benzene rings is 2.